The maximum Gasteiger partial charge on any atom is 0.261 e. The van der Waals surface area contributed by atoms with Gasteiger partial charge in [0.2, 0.25) is 10.0 Å². The van der Waals surface area contributed by atoms with Gasteiger partial charge in [0.1, 0.15) is 5.75 Å². The van der Waals surface area contributed by atoms with Crippen LogP contribution >= 0.6 is 0 Å². The number of benzene rings is 1. The van der Waals surface area contributed by atoms with Crippen molar-refractivity contribution in [3.63, 3.8) is 0 Å². The van der Waals surface area contributed by atoms with Gasteiger partial charge in [-0.1, -0.05) is 6.92 Å². The summed E-state index contributed by atoms with van der Waals surface area (Å²) in [5, 5.41) is 2.92. The molecule has 7 heteroatoms. The molecule has 0 spiro atoms. The van der Waals surface area contributed by atoms with Crippen molar-refractivity contribution in [3.8, 4) is 5.75 Å². The van der Waals surface area contributed by atoms with E-state index in [2.05, 4.69) is 5.32 Å². The summed E-state index contributed by atoms with van der Waals surface area (Å²) in [6.45, 7) is 1.89. The summed E-state index contributed by atoms with van der Waals surface area (Å²) in [4.78, 5) is 12.0. The van der Waals surface area contributed by atoms with Gasteiger partial charge in [0, 0.05) is 13.1 Å². The zero-order valence-electron chi connectivity index (χ0n) is 13.1. The van der Waals surface area contributed by atoms with E-state index in [9.17, 15) is 13.2 Å². The molecule has 1 aromatic carbocycles. The Morgan fingerprint density at radius 3 is 2.41 bits per heavy atom. The van der Waals surface area contributed by atoms with Gasteiger partial charge in [-0.2, -0.15) is 0 Å². The maximum atomic E-state index is 12.0. The highest BCUT2D eigenvalue weighted by Crippen LogP contribution is 2.22. The molecule has 1 saturated carbocycles. The van der Waals surface area contributed by atoms with E-state index in [1.807, 2.05) is 6.92 Å². The average Bonchev–Trinajstić information content (AvgIpc) is 3.27. The van der Waals surface area contributed by atoms with Crippen molar-refractivity contribution in [2.75, 3.05) is 17.6 Å². The predicted octanol–water partition coefficient (Wildman–Crippen LogP) is 1.52. The monoisotopic (exact) mass is 326 g/mol. The highest BCUT2D eigenvalue weighted by atomic mass is 32.2. The average molecular weight is 326 g/mol. The highest BCUT2D eigenvalue weighted by Gasteiger charge is 2.27. The lowest BCUT2D eigenvalue weighted by Gasteiger charge is -2.19. The Bertz CT molecular complexity index is 623. The van der Waals surface area contributed by atoms with Crippen LogP contribution < -0.4 is 14.4 Å². The SMILES string of the molecule is CCC(Oc1ccc(N(C)S(C)(=O)=O)cc1)C(=O)NC1CC1. The predicted molar refractivity (Wildman–Crippen MR) is 85.6 cm³/mol. The molecule has 0 aliphatic heterocycles. The fraction of sp³-hybridized carbons (Fsp3) is 0.533. The topological polar surface area (TPSA) is 75.7 Å². The van der Waals surface area contributed by atoms with E-state index in [1.165, 1.54) is 11.4 Å². The third-order valence-corrected chi connectivity index (χ3v) is 4.77. The van der Waals surface area contributed by atoms with Crippen LogP contribution in [0.2, 0.25) is 0 Å². The lowest BCUT2D eigenvalue weighted by molar-refractivity contribution is -0.128. The van der Waals surface area contributed by atoms with Crippen LogP contribution in [0.1, 0.15) is 26.2 Å². The first-order valence-electron chi connectivity index (χ1n) is 7.32. The lowest BCUT2D eigenvalue weighted by atomic mass is 10.2. The van der Waals surface area contributed by atoms with Crippen LogP contribution in [-0.4, -0.2) is 39.8 Å². The molecule has 1 N–H and O–H groups in total. The van der Waals surface area contributed by atoms with Crippen LogP contribution in [0.15, 0.2) is 24.3 Å². The molecule has 1 amide bonds. The van der Waals surface area contributed by atoms with Crippen LogP contribution in [0.5, 0.6) is 5.75 Å². The largest absolute Gasteiger partial charge is 0.481 e. The molecular weight excluding hydrogens is 304 g/mol. The van der Waals surface area contributed by atoms with E-state index in [4.69, 9.17) is 4.74 Å². The number of ether oxygens (including phenoxy) is 1. The first kappa shape index (κ1) is 16.6. The molecule has 1 unspecified atom stereocenters. The minimum Gasteiger partial charge on any atom is -0.481 e. The minimum atomic E-state index is -3.29. The van der Waals surface area contributed by atoms with Gasteiger partial charge in [-0.3, -0.25) is 9.10 Å². The fourth-order valence-electron chi connectivity index (χ4n) is 1.93. The Labute approximate surface area is 131 Å². The van der Waals surface area contributed by atoms with Crippen LogP contribution in [0, 0.1) is 0 Å². The number of anilines is 1. The van der Waals surface area contributed by atoms with Crippen molar-refractivity contribution < 1.29 is 17.9 Å². The van der Waals surface area contributed by atoms with Crippen LogP contribution in [0.3, 0.4) is 0 Å². The highest BCUT2D eigenvalue weighted by molar-refractivity contribution is 7.92. The summed E-state index contributed by atoms with van der Waals surface area (Å²) in [6, 6.07) is 6.95. The lowest BCUT2D eigenvalue weighted by Crippen LogP contribution is -2.39. The van der Waals surface area contributed by atoms with Gasteiger partial charge in [-0.05, 0) is 43.5 Å². The second-order valence-electron chi connectivity index (χ2n) is 5.52. The molecule has 1 aliphatic carbocycles. The Hall–Kier alpha value is -1.76. The first-order valence-corrected chi connectivity index (χ1v) is 9.17. The standard InChI is InChI=1S/C15H22N2O4S/c1-4-14(15(18)16-11-5-6-11)21-13-9-7-12(8-10-13)17(2)22(3,19)20/h7-11,14H,4-6H2,1-3H3,(H,16,18). The Kier molecular flexibility index (Phi) is 4.95. The molecule has 6 nitrogen and oxygen atoms in total. The van der Waals surface area contributed by atoms with Crippen molar-refractivity contribution in [2.24, 2.45) is 0 Å². The van der Waals surface area contributed by atoms with Gasteiger partial charge in [0.25, 0.3) is 5.91 Å². The molecule has 1 aromatic rings. The zero-order valence-corrected chi connectivity index (χ0v) is 13.9. The molecule has 0 bridgehead atoms. The molecule has 0 saturated heterocycles. The van der Waals surface area contributed by atoms with Crippen molar-refractivity contribution in [2.45, 2.75) is 38.3 Å². The number of carbonyl (C=O) groups excluding carboxylic acids is 1. The number of amides is 1. The van der Waals surface area contributed by atoms with Crippen LogP contribution in [0.4, 0.5) is 5.69 Å². The molecule has 1 aliphatic rings. The second-order valence-corrected chi connectivity index (χ2v) is 7.54. The Balaban J connectivity index is 2.01. The van der Waals surface area contributed by atoms with E-state index < -0.39 is 16.1 Å². The van der Waals surface area contributed by atoms with Gasteiger partial charge in [0.05, 0.1) is 11.9 Å². The summed E-state index contributed by atoms with van der Waals surface area (Å²) in [7, 11) is -1.80. The van der Waals surface area contributed by atoms with Gasteiger partial charge in [-0.25, -0.2) is 8.42 Å². The molecular formula is C15H22N2O4S. The number of carbonyl (C=O) groups is 1. The molecule has 1 fully saturated rings. The molecule has 22 heavy (non-hydrogen) atoms. The fourth-order valence-corrected chi connectivity index (χ4v) is 2.44. The van der Waals surface area contributed by atoms with E-state index in [0.29, 0.717) is 23.9 Å². The summed E-state index contributed by atoms with van der Waals surface area (Å²) in [5.74, 6) is 0.450. The van der Waals surface area contributed by atoms with Gasteiger partial charge in [0.15, 0.2) is 6.10 Å². The quantitative estimate of drug-likeness (QED) is 0.824. The third kappa shape index (κ3) is 4.37. The van der Waals surface area contributed by atoms with Gasteiger partial charge in [-0.15, -0.1) is 0 Å². The molecule has 0 heterocycles. The number of hydrogen-bond donors (Lipinski definition) is 1. The number of nitrogens with one attached hydrogen (secondary N) is 1. The maximum absolute atomic E-state index is 12.0. The Morgan fingerprint density at radius 1 is 1.36 bits per heavy atom. The zero-order chi connectivity index (χ0) is 16.3. The van der Waals surface area contributed by atoms with Gasteiger partial charge >= 0.3 is 0 Å². The number of sulfonamides is 1. The molecule has 2 rings (SSSR count). The van der Waals surface area contributed by atoms with Crippen LogP contribution in [0.25, 0.3) is 0 Å². The summed E-state index contributed by atoms with van der Waals surface area (Å²) in [6.07, 6.45) is 3.26. The smallest absolute Gasteiger partial charge is 0.261 e. The molecule has 1 atom stereocenters. The third-order valence-electron chi connectivity index (χ3n) is 3.56. The number of nitrogens with zero attached hydrogens (tertiary/aromatic N) is 1. The second kappa shape index (κ2) is 6.56. The van der Waals surface area contributed by atoms with Crippen LogP contribution in [-0.2, 0) is 14.8 Å². The van der Waals surface area contributed by atoms with E-state index in [-0.39, 0.29) is 5.91 Å². The summed E-state index contributed by atoms with van der Waals surface area (Å²) < 4.78 is 29.8. The molecule has 0 radical (unpaired) electrons. The normalized spacial score (nSPS) is 16.0. The Morgan fingerprint density at radius 2 is 1.95 bits per heavy atom. The van der Waals surface area contributed by atoms with Crippen molar-refractivity contribution in [1.82, 2.24) is 5.32 Å². The first-order chi connectivity index (χ1) is 10.3. The van der Waals surface area contributed by atoms with Gasteiger partial charge < -0.3 is 10.1 Å². The minimum absolute atomic E-state index is 0.0951. The van der Waals surface area contributed by atoms with Crippen molar-refractivity contribution in [1.29, 1.82) is 0 Å². The summed E-state index contributed by atoms with van der Waals surface area (Å²) in [5.41, 5.74) is 0.547. The van der Waals surface area contributed by atoms with Crippen molar-refractivity contribution in [3.05, 3.63) is 24.3 Å². The summed E-state index contributed by atoms with van der Waals surface area (Å²) >= 11 is 0. The van der Waals surface area contributed by atoms with E-state index in [0.717, 1.165) is 19.1 Å². The van der Waals surface area contributed by atoms with E-state index >= 15 is 0 Å². The van der Waals surface area contributed by atoms with Crippen molar-refractivity contribution >= 4 is 21.6 Å². The molecule has 0 aromatic heterocycles. The number of rotatable bonds is 7. The molecule has 122 valence electrons. The number of hydrogen-bond acceptors (Lipinski definition) is 4. The van der Waals surface area contributed by atoms with E-state index in [1.54, 1.807) is 24.3 Å².